The molecular formula is C13H22N2OS. The second-order valence-electron chi connectivity index (χ2n) is 4.53. The van der Waals surface area contributed by atoms with E-state index in [1.807, 2.05) is 6.92 Å². The molecule has 1 rings (SSSR count). The van der Waals surface area contributed by atoms with Crippen molar-refractivity contribution in [3.8, 4) is 0 Å². The summed E-state index contributed by atoms with van der Waals surface area (Å²) in [5.41, 5.74) is 5.74. The number of rotatable bonds is 7. The summed E-state index contributed by atoms with van der Waals surface area (Å²) >= 11 is 1.76. The van der Waals surface area contributed by atoms with Crippen molar-refractivity contribution in [1.82, 2.24) is 5.32 Å². The monoisotopic (exact) mass is 254 g/mol. The van der Waals surface area contributed by atoms with E-state index in [4.69, 9.17) is 5.73 Å². The molecule has 96 valence electrons. The summed E-state index contributed by atoms with van der Waals surface area (Å²) in [7, 11) is 0. The van der Waals surface area contributed by atoms with Gasteiger partial charge in [-0.3, -0.25) is 4.79 Å². The summed E-state index contributed by atoms with van der Waals surface area (Å²) in [4.78, 5) is 13.0. The highest BCUT2D eigenvalue weighted by Gasteiger charge is 2.13. The standard InChI is InChI=1S/C13H22N2OS/c1-3-5-12(14)13(16)15-9-10(2)8-11-6-4-7-17-11/h4,6-7,10,12H,3,5,8-9,14H2,1-2H3,(H,15,16). The third-order valence-electron chi connectivity index (χ3n) is 2.69. The van der Waals surface area contributed by atoms with Gasteiger partial charge in [-0.05, 0) is 30.2 Å². The van der Waals surface area contributed by atoms with E-state index < -0.39 is 0 Å². The molecular weight excluding hydrogens is 232 g/mol. The van der Waals surface area contributed by atoms with Crippen molar-refractivity contribution in [1.29, 1.82) is 0 Å². The van der Waals surface area contributed by atoms with Crippen molar-refractivity contribution in [3.63, 3.8) is 0 Å². The lowest BCUT2D eigenvalue weighted by atomic mass is 10.1. The summed E-state index contributed by atoms with van der Waals surface area (Å²) in [5.74, 6) is 0.427. The van der Waals surface area contributed by atoms with Crippen LogP contribution in [-0.2, 0) is 11.2 Å². The predicted octanol–water partition coefficient (Wildman–Crippen LogP) is 2.17. The fraction of sp³-hybridized carbons (Fsp3) is 0.615. The molecule has 0 aliphatic carbocycles. The maximum absolute atomic E-state index is 11.6. The molecule has 0 radical (unpaired) electrons. The zero-order valence-corrected chi connectivity index (χ0v) is 11.4. The van der Waals surface area contributed by atoms with Gasteiger partial charge >= 0.3 is 0 Å². The summed E-state index contributed by atoms with van der Waals surface area (Å²) < 4.78 is 0. The lowest BCUT2D eigenvalue weighted by Gasteiger charge is -2.14. The van der Waals surface area contributed by atoms with E-state index in [1.54, 1.807) is 11.3 Å². The smallest absolute Gasteiger partial charge is 0.236 e. The van der Waals surface area contributed by atoms with Crippen molar-refractivity contribution < 1.29 is 4.79 Å². The van der Waals surface area contributed by atoms with Crippen molar-refractivity contribution in [2.24, 2.45) is 11.7 Å². The number of nitrogens with one attached hydrogen (secondary N) is 1. The molecule has 17 heavy (non-hydrogen) atoms. The predicted molar refractivity (Wildman–Crippen MR) is 73.1 cm³/mol. The van der Waals surface area contributed by atoms with Gasteiger partial charge in [0.05, 0.1) is 6.04 Å². The Hall–Kier alpha value is -0.870. The summed E-state index contributed by atoms with van der Waals surface area (Å²) in [6.07, 6.45) is 2.71. The molecule has 0 aromatic carbocycles. The van der Waals surface area contributed by atoms with Gasteiger partial charge < -0.3 is 11.1 Å². The first-order chi connectivity index (χ1) is 8.13. The Morgan fingerprint density at radius 2 is 2.35 bits per heavy atom. The molecule has 0 saturated carbocycles. The van der Waals surface area contributed by atoms with Crippen molar-refractivity contribution in [2.45, 2.75) is 39.2 Å². The molecule has 2 atom stereocenters. The van der Waals surface area contributed by atoms with Crippen LogP contribution in [0.3, 0.4) is 0 Å². The van der Waals surface area contributed by atoms with Gasteiger partial charge in [0.15, 0.2) is 0 Å². The third-order valence-corrected chi connectivity index (χ3v) is 3.59. The molecule has 3 N–H and O–H groups in total. The SMILES string of the molecule is CCCC(N)C(=O)NCC(C)Cc1cccs1. The average molecular weight is 254 g/mol. The van der Waals surface area contributed by atoms with Crippen LogP contribution in [0, 0.1) is 5.92 Å². The average Bonchev–Trinajstić information content (AvgIpc) is 2.79. The summed E-state index contributed by atoms with van der Waals surface area (Å²) in [6, 6.07) is 3.84. The van der Waals surface area contributed by atoms with Crippen LogP contribution in [0.25, 0.3) is 0 Å². The highest BCUT2D eigenvalue weighted by Crippen LogP contribution is 2.13. The first-order valence-electron chi connectivity index (χ1n) is 6.19. The largest absolute Gasteiger partial charge is 0.354 e. The van der Waals surface area contributed by atoms with Crippen LogP contribution < -0.4 is 11.1 Å². The fourth-order valence-electron chi connectivity index (χ4n) is 1.69. The molecule has 4 heteroatoms. The number of carbonyl (C=O) groups is 1. The molecule has 0 fully saturated rings. The second-order valence-corrected chi connectivity index (χ2v) is 5.56. The van der Waals surface area contributed by atoms with Gasteiger partial charge in [-0.2, -0.15) is 0 Å². The number of hydrogen-bond donors (Lipinski definition) is 2. The van der Waals surface area contributed by atoms with Crippen LogP contribution in [0.1, 0.15) is 31.6 Å². The fourth-order valence-corrected chi connectivity index (χ4v) is 2.56. The normalized spacial score (nSPS) is 14.3. The van der Waals surface area contributed by atoms with Crippen LogP contribution in [0.15, 0.2) is 17.5 Å². The maximum Gasteiger partial charge on any atom is 0.236 e. The Labute approximate surface area is 107 Å². The van der Waals surface area contributed by atoms with E-state index in [-0.39, 0.29) is 11.9 Å². The topological polar surface area (TPSA) is 55.1 Å². The Kier molecular flexibility index (Phi) is 6.22. The van der Waals surface area contributed by atoms with Gasteiger partial charge in [0, 0.05) is 11.4 Å². The molecule has 0 aliphatic rings. The van der Waals surface area contributed by atoms with Gasteiger partial charge in [-0.15, -0.1) is 11.3 Å². The van der Waals surface area contributed by atoms with E-state index in [0.29, 0.717) is 12.5 Å². The third kappa shape index (κ3) is 5.33. The van der Waals surface area contributed by atoms with Gasteiger partial charge in [0.2, 0.25) is 5.91 Å². The van der Waals surface area contributed by atoms with Crippen LogP contribution in [-0.4, -0.2) is 18.5 Å². The van der Waals surface area contributed by atoms with Crippen LogP contribution in [0.2, 0.25) is 0 Å². The quantitative estimate of drug-likeness (QED) is 0.783. The van der Waals surface area contributed by atoms with E-state index >= 15 is 0 Å². The van der Waals surface area contributed by atoms with Crippen LogP contribution in [0.5, 0.6) is 0 Å². The molecule has 0 bridgehead atoms. The Morgan fingerprint density at radius 3 is 2.94 bits per heavy atom. The molecule has 1 aromatic heterocycles. The number of carbonyl (C=O) groups excluding carboxylic acids is 1. The molecule has 0 aliphatic heterocycles. The molecule has 0 saturated heterocycles. The van der Waals surface area contributed by atoms with E-state index in [0.717, 1.165) is 19.3 Å². The van der Waals surface area contributed by atoms with E-state index in [1.165, 1.54) is 4.88 Å². The first-order valence-corrected chi connectivity index (χ1v) is 7.07. The van der Waals surface area contributed by atoms with E-state index in [9.17, 15) is 4.79 Å². The molecule has 1 aromatic rings. The number of amides is 1. The number of nitrogens with two attached hydrogens (primary N) is 1. The summed E-state index contributed by atoms with van der Waals surface area (Å²) in [5, 5.41) is 5.00. The minimum Gasteiger partial charge on any atom is -0.354 e. The van der Waals surface area contributed by atoms with Crippen molar-refractivity contribution in [3.05, 3.63) is 22.4 Å². The first kappa shape index (κ1) is 14.2. The molecule has 2 unspecified atom stereocenters. The Morgan fingerprint density at radius 1 is 1.59 bits per heavy atom. The zero-order valence-electron chi connectivity index (χ0n) is 10.6. The zero-order chi connectivity index (χ0) is 12.7. The number of thiophene rings is 1. The van der Waals surface area contributed by atoms with Crippen LogP contribution >= 0.6 is 11.3 Å². The number of hydrogen-bond acceptors (Lipinski definition) is 3. The van der Waals surface area contributed by atoms with Gasteiger partial charge in [-0.25, -0.2) is 0 Å². The Bertz CT molecular complexity index is 324. The van der Waals surface area contributed by atoms with Crippen molar-refractivity contribution >= 4 is 17.2 Å². The van der Waals surface area contributed by atoms with Crippen LogP contribution in [0.4, 0.5) is 0 Å². The molecule has 3 nitrogen and oxygen atoms in total. The lowest BCUT2D eigenvalue weighted by Crippen LogP contribution is -2.42. The minimum absolute atomic E-state index is 0.0233. The summed E-state index contributed by atoms with van der Waals surface area (Å²) in [6.45, 7) is 4.88. The van der Waals surface area contributed by atoms with Gasteiger partial charge in [0.25, 0.3) is 0 Å². The maximum atomic E-state index is 11.6. The van der Waals surface area contributed by atoms with E-state index in [2.05, 4.69) is 29.8 Å². The second kappa shape index (κ2) is 7.45. The highest BCUT2D eigenvalue weighted by molar-refractivity contribution is 7.09. The molecule has 1 heterocycles. The minimum atomic E-state index is -0.353. The highest BCUT2D eigenvalue weighted by atomic mass is 32.1. The van der Waals surface area contributed by atoms with Gasteiger partial charge in [-0.1, -0.05) is 26.3 Å². The molecule has 1 amide bonds. The van der Waals surface area contributed by atoms with Crippen molar-refractivity contribution in [2.75, 3.05) is 6.54 Å². The van der Waals surface area contributed by atoms with Gasteiger partial charge in [0.1, 0.15) is 0 Å². The molecule has 0 spiro atoms. The Balaban J connectivity index is 2.23. The lowest BCUT2D eigenvalue weighted by molar-refractivity contribution is -0.122.